The van der Waals surface area contributed by atoms with Crippen LogP contribution in [0.1, 0.15) is 25.7 Å². The number of fused-ring (bicyclic) bond motifs is 2. The average Bonchev–Trinajstić information content (AvgIpc) is 2.47. The number of nitrogens with zero attached hydrogens (tertiary/aromatic N) is 2. The Morgan fingerprint density at radius 3 is 3.24 bits per heavy atom. The predicted molar refractivity (Wildman–Crippen MR) is 78.6 cm³/mol. The summed E-state index contributed by atoms with van der Waals surface area (Å²) in [6, 6.07) is 0.0450. The van der Waals surface area contributed by atoms with Gasteiger partial charge in [-0.25, -0.2) is 4.79 Å². The first-order chi connectivity index (χ1) is 10.2. The minimum absolute atomic E-state index is 0.0450. The number of hydrogen-bond acceptors (Lipinski definition) is 6. The van der Waals surface area contributed by atoms with Gasteiger partial charge in [-0.1, -0.05) is 0 Å². The zero-order valence-electron chi connectivity index (χ0n) is 12.2. The van der Waals surface area contributed by atoms with Crippen LogP contribution in [0.3, 0.4) is 0 Å². The number of aryl methyl sites for hydroxylation is 1. The molecule has 3 rings (SSSR count). The fourth-order valence-corrected chi connectivity index (χ4v) is 2.97. The predicted octanol–water partition coefficient (Wildman–Crippen LogP) is 0.240. The van der Waals surface area contributed by atoms with Crippen LogP contribution < -0.4 is 21.5 Å². The van der Waals surface area contributed by atoms with Gasteiger partial charge in [0.25, 0.3) is 0 Å². The number of hydrogen-bond donors (Lipinski definition) is 2. The van der Waals surface area contributed by atoms with Crippen LogP contribution in [0.5, 0.6) is 5.75 Å². The van der Waals surface area contributed by atoms with Crippen molar-refractivity contribution in [3.8, 4) is 5.75 Å². The van der Waals surface area contributed by atoms with Crippen molar-refractivity contribution in [3.05, 3.63) is 16.7 Å². The quantitative estimate of drug-likeness (QED) is 0.773. The number of rotatable bonds is 4. The molecular formula is C14H22N4O3. The van der Waals surface area contributed by atoms with Gasteiger partial charge in [0.2, 0.25) is 0 Å². The Morgan fingerprint density at radius 2 is 2.43 bits per heavy atom. The third kappa shape index (κ3) is 2.89. The number of nitrogens with two attached hydrogens (primary N) is 1. The molecule has 3 N–H and O–H groups in total. The molecule has 2 aliphatic rings. The Bertz CT molecular complexity index is 560. The molecule has 7 heteroatoms. The van der Waals surface area contributed by atoms with Crippen molar-refractivity contribution in [3.63, 3.8) is 0 Å². The Balaban J connectivity index is 1.78. The van der Waals surface area contributed by atoms with Gasteiger partial charge in [-0.3, -0.25) is 4.57 Å². The molecule has 1 saturated carbocycles. The van der Waals surface area contributed by atoms with Crippen LogP contribution in [0.25, 0.3) is 0 Å². The molecule has 21 heavy (non-hydrogen) atoms. The average molecular weight is 294 g/mol. The molecule has 7 nitrogen and oxygen atoms in total. The molecule has 3 atom stereocenters. The van der Waals surface area contributed by atoms with E-state index in [-0.39, 0.29) is 23.9 Å². The van der Waals surface area contributed by atoms with Crippen molar-refractivity contribution in [1.82, 2.24) is 9.55 Å². The second-order valence-corrected chi connectivity index (χ2v) is 5.66. The normalized spacial score (nSPS) is 27.2. The standard InChI is InChI=1S/C14H22N4O3/c1-18-8-11-13(17-14(18)19)16-12-9(20-7-3-6-15)4-2-5-10(12)21-11/h8-10,12H,2-7,15H2,1H3,(H,16,17,19). The molecule has 1 aromatic heterocycles. The lowest BCUT2D eigenvalue weighted by Gasteiger charge is -2.41. The van der Waals surface area contributed by atoms with Crippen LogP contribution in [-0.4, -0.2) is 41.0 Å². The lowest BCUT2D eigenvalue weighted by Crippen LogP contribution is -2.53. The van der Waals surface area contributed by atoms with Crippen LogP contribution in [0.4, 0.5) is 5.82 Å². The third-order valence-corrected chi connectivity index (χ3v) is 4.09. The maximum atomic E-state index is 11.7. The Hall–Kier alpha value is -1.60. The molecule has 3 unspecified atom stereocenters. The van der Waals surface area contributed by atoms with E-state index in [4.69, 9.17) is 15.2 Å². The molecular weight excluding hydrogens is 272 g/mol. The van der Waals surface area contributed by atoms with E-state index in [2.05, 4.69) is 10.3 Å². The highest BCUT2D eigenvalue weighted by Crippen LogP contribution is 2.35. The molecule has 1 aliphatic heterocycles. The lowest BCUT2D eigenvalue weighted by molar-refractivity contribution is -0.0225. The molecule has 116 valence electrons. The van der Waals surface area contributed by atoms with Gasteiger partial charge in [0.1, 0.15) is 6.10 Å². The number of aromatic nitrogens is 2. The molecule has 0 bridgehead atoms. The van der Waals surface area contributed by atoms with Crippen molar-refractivity contribution in [1.29, 1.82) is 0 Å². The zero-order valence-corrected chi connectivity index (χ0v) is 12.2. The molecule has 1 aromatic rings. The summed E-state index contributed by atoms with van der Waals surface area (Å²) in [6.45, 7) is 1.29. The van der Waals surface area contributed by atoms with E-state index in [1.165, 1.54) is 4.57 Å². The number of ether oxygens (including phenoxy) is 2. The molecule has 1 fully saturated rings. The Labute approximate surface area is 123 Å². The SMILES string of the molecule is Cn1cc2c(nc1=O)NC1C(OCCCN)CCCC1O2. The molecule has 0 amide bonds. The first-order valence-corrected chi connectivity index (χ1v) is 7.51. The maximum Gasteiger partial charge on any atom is 0.349 e. The highest BCUT2D eigenvalue weighted by molar-refractivity contribution is 5.51. The van der Waals surface area contributed by atoms with Gasteiger partial charge in [0.15, 0.2) is 11.6 Å². The molecule has 1 aliphatic carbocycles. The largest absolute Gasteiger partial charge is 0.483 e. The van der Waals surface area contributed by atoms with Crippen molar-refractivity contribution in [2.45, 2.75) is 43.9 Å². The maximum absolute atomic E-state index is 11.7. The summed E-state index contributed by atoms with van der Waals surface area (Å²) in [4.78, 5) is 15.7. The molecule has 2 heterocycles. The van der Waals surface area contributed by atoms with E-state index in [9.17, 15) is 4.79 Å². The van der Waals surface area contributed by atoms with Crippen molar-refractivity contribution < 1.29 is 9.47 Å². The van der Waals surface area contributed by atoms with Gasteiger partial charge in [-0.2, -0.15) is 4.98 Å². The molecule has 0 spiro atoms. The van der Waals surface area contributed by atoms with E-state index in [1.54, 1.807) is 13.2 Å². The van der Waals surface area contributed by atoms with Gasteiger partial charge in [0, 0.05) is 13.7 Å². The second-order valence-electron chi connectivity index (χ2n) is 5.66. The minimum Gasteiger partial charge on any atom is -0.483 e. The number of anilines is 1. The molecule has 0 saturated heterocycles. The second kappa shape index (κ2) is 6.03. The van der Waals surface area contributed by atoms with Gasteiger partial charge in [0.05, 0.1) is 18.3 Å². The Kier molecular flexibility index (Phi) is 4.12. The molecule has 0 aromatic carbocycles. The van der Waals surface area contributed by atoms with Gasteiger partial charge < -0.3 is 20.5 Å². The summed E-state index contributed by atoms with van der Waals surface area (Å²) in [6.07, 6.45) is 5.73. The summed E-state index contributed by atoms with van der Waals surface area (Å²) in [5, 5.41) is 3.34. The van der Waals surface area contributed by atoms with Gasteiger partial charge in [-0.05, 0) is 32.2 Å². The zero-order chi connectivity index (χ0) is 14.8. The van der Waals surface area contributed by atoms with Gasteiger partial charge >= 0.3 is 5.69 Å². The van der Waals surface area contributed by atoms with Crippen LogP contribution >= 0.6 is 0 Å². The van der Waals surface area contributed by atoms with Crippen LogP contribution in [0.15, 0.2) is 11.0 Å². The van der Waals surface area contributed by atoms with E-state index in [1.807, 2.05) is 0 Å². The highest BCUT2D eigenvalue weighted by atomic mass is 16.5. The number of nitrogens with one attached hydrogen (secondary N) is 1. The highest BCUT2D eigenvalue weighted by Gasteiger charge is 2.39. The Morgan fingerprint density at radius 1 is 1.57 bits per heavy atom. The summed E-state index contributed by atoms with van der Waals surface area (Å²) >= 11 is 0. The van der Waals surface area contributed by atoms with Gasteiger partial charge in [-0.15, -0.1) is 0 Å². The first kappa shape index (κ1) is 14.3. The summed E-state index contributed by atoms with van der Waals surface area (Å²) in [5.41, 5.74) is 5.21. The van der Waals surface area contributed by atoms with E-state index >= 15 is 0 Å². The summed E-state index contributed by atoms with van der Waals surface area (Å²) < 4.78 is 13.4. The summed E-state index contributed by atoms with van der Waals surface area (Å²) in [7, 11) is 1.67. The van der Waals surface area contributed by atoms with Crippen LogP contribution in [-0.2, 0) is 11.8 Å². The van der Waals surface area contributed by atoms with E-state index in [0.717, 1.165) is 25.7 Å². The fourth-order valence-electron chi connectivity index (χ4n) is 2.97. The minimum atomic E-state index is -0.292. The van der Waals surface area contributed by atoms with Crippen molar-refractivity contribution in [2.24, 2.45) is 12.8 Å². The van der Waals surface area contributed by atoms with E-state index < -0.39 is 0 Å². The van der Waals surface area contributed by atoms with Crippen LogP contribution in [0, 0.1) is 0 Å². The topological polar surface area (TPSA) is 91.4 Å². The smallest absolute Gasteiger partial charge is 0.349 e. The fraction of sp³-hybridized carbons (Fsp3) is 0.714. The lowest BCUT2D eigenvalue weighted by atomic mass is 9.88. The van der Waals surface area contributed by atoms with E-state index in [0.29, 0.717) is 24.7 Å². The third-order valence-electron chi connectivity index (χ3n) is 4.09. The van der Waals surface area contributed by atoms with Crippen molar-refractivity contribution in [2.75, 3.05) is 18.5 Å². The monoisotopic (exact) mass is 294 g/mol. The first-order valence-electron chi connectivity index (χ1n) is 7.51. The summed E-state index contributed by atoms with van der Waals surface area (Å²) in [5.74, 6) is 1.16. The molecule has 0 radical (unpaired) electrons. The van der Waals surface area contributed by atoms with Crippen molar-refractivity contribution >= 4 is 5.82 Å². The van der Waals surface area contributed by atoms with Crippen LogP contribution in [0.2, 0.25) is 0 Å².